The predicted octanol–water partition coefficient (Wildman–Crippen LogP) is 2.24. The van der Waals surface area contributed by atoms with Crippen molar-refractivity contribution in [3.63, 3.8) is 0 Å². The summed E-state index contributed by atoms with van der Waals surface area (Å²) in [5.41, 5.74) is 0.435. The lowest BCUT2D eigenvalue weighted by Crippen LogP contribution is -2.00. The Bertz CT molecular complexity index is 522. The Balaban J connectivity index is 0.000000211. The van der Waals surface area contributed by atoms with Gasteiger partial charge < -0.3 is 19.7 Å². The number of phenols is 1. The molecule has 5 nitrogen and oxygen atoms in total. The molecular formula is C16H18O5. The van der Waals surface area contributed by atoms with E-state index in [9.17, 15) is 4.79 Å². The van der Waals surface area contributed by atoms with E-state index in [0.717, 1.165) is 5.75 Å². The number of para-hydroxylation sites is 1. The predicted molar refractivity (Wildman–Crippen MR) is 78.5 cm³/mol. The number of aliphatic hydroxyl groups excluding tert-OH is 1. The molecule has 21 heavy (non-hydrogen) atoms. The zero-order valence-electron chi connectivity index (χ0n) is 11.7. The van der Waals surface area contributed by atoms with Gasteiger partial charge in [0.05, 0.1) is 19.3 Å². The average Bonchev–Trinajstić information content (AvgIpc) is 2.54. The minimum absolute atomic E-state index is 0.0644. The maximum absolute atomic E-state index is 10.8. The van der Waals surface area contributed by atoms with Crippen LogP contribution in [0.5, 0.6) is 11.5 Å². The van der Waals surface area contributed by atoms with E-state index in [4.69, 9.17) is 14.9 Å². The van der Waals surface area contributed by atoms with Crippen molar-refractivity contribution in [3.05, 3.63) is 60.2 Å². The second-order valence-electron chi connectivity index (χ2n) is 3.92. The minimum Gasteiger partial charge on any atom is -0.508 e. The van der Waals surface area contributed by atoms with Crippen LogP contribution >= 0.6 is 0 Å². The number of hydrogen-bond donors (Lipinski definition) is 2. The minimum atomic E-state index is -0.398. The summed E-state index contributed by atoms with van der Waals surface area (Å²) in [4.78, 5) is 10.8. The molecule has 0 radical (unpaired) electrons. The molecule has 2 aromatic rings. The van der Waals surface area contributed by atoms with E-state index in [-0.39, 0.29) is 12.4 Å². The van der Waals surface area contributed by atoms with Crippen molar-refractivity contribution in [1.29, 1.82) is 0 Å². The maximum atomic E-state index is 10.8. The molecule has 0 unspecified atom stereocenters. The first-order valence-corrected chi connectivity index (χ1v) is 6.33. The SMILES string of the molecule is COC(=O)c1ccc(O)cc1.OCCOc1ccccc1. The first-order chi connectivity index (χ1) is 10.2. The molecule has 0 amide bonds. The molecule has 0 saturated heterocycles. The second kappa shape index (κ2) is 9.39. The van der Waals surface area contributed by atoms with E-state index in [0.29, 0.717) is 12.2 Å². The molecule has 112 valence electrons. The number of benzene rings is 2. The van der Waals surface area contributed by atoms with Crippen LogP contribution in [0.15, 0.2) is 54.6 Å². The molecule has 0 aliphatic heterocycles. The Kier molecular flexibility index (Phi) is 7.39. The molecule has 0 fully saturated rings. The van der Waals surface area contributed by atoms with E-state index >= 15 is 0 Å². The van der Waals surface area contributed by atoms with Gasteiger partial charge in [-0.15, -0.1) is 0 Å². The number of aliphatic hydroxyl groups is 1. The van der Waals surface area contributed by atoms with E-state index in [2.05, 4.69) is 4.74 Å². The fraction of sp³-hybridized carbons (Fsp3) is 0.188. The van der Waals surface area contributed by atoms with Crippen molar-refractivity contribution in [2.24, 2.45) is 0 Å². The van der Waals surface area contributed by atoms with Crippen molar-refractivity contribution < 1.29 is 24.5 Å². The molecule has 0 aromatic heterocycles. The number of methoxy groups -OCH3 is 1. The first-order valence-electron chi connectivity index (χ1n) is 6.33. The lowest BCUT2D eigenvalue weighted by Gasteiger charge is -2.01. The van der Waals surface area contributed by atoms with Crippen molar-refractivity contribution >= 4 is 5.97 Å². The van der Waals surface area contributed by atoms with Crippen molar-refractivity contribution in [1.82, 2.24) is 0 Å². The Labute approximate surface area is 123 Å². The molecule has 5 heteroatoms. The van der Waals surface area contributed by atoms with Crippen molar-refractivity contribution in [2.45, 2.75) is 0 Å². The number of ether oxygens (including phenoxy) is 2. The van der Waals surface area contributed by atoms with Crippen LogP contribution < -0.4 is 4.74 Å². The molecule has 0 atom stereocenters. The van der Waals surface area contributed by atoms with Gasteiger partial charge in [-0.25, -0.2) is 4.79 Å². The van der Waals surface area contributed by atoms with Crippen LogP contribution in [0.2, 0.25) is 0 Å². The average molecular weight is 290 g/mol. The summed E-state index contributed by atoms with van der Waals surface area (Å²) in [6.45, 7) is 0.429. The van der Waals surface area contributed by atoms with E-state index in [1.165, 1.54) is 31.4 Å². The zero-order valence-corrected chi connectivity index (χ0v) is 11.7. The van der Waals surface area contributed by atoms with E-state index in [1.54, 1.807) is 0 Å². The highest BCUT2D eigenvalue weighted by atomic mass is 16.5. The number of hydrogen-bond acceptors (Lipinski definition) is 5. The summed E-state index contributed by atoms with van der Waals surface area (Å²) in [5.74, 6) is 0.541. The number of phenolic OH excluding ortho intramolecular Hbond substituents is 1. The highest BCUT2D eigenvalue weighted by Gasteiger charge is 2.02. The fourth-order valence-electron chi connectivity index (χ4n) is 1.40. The quantitative estimate of drug-likeness (QED) is 0.845. The Morgan fingerprint density at radius 1 is 1.05 bits per heavy atom. The Morgan fingerprint density at radius 2 is 1.67 bits per heavy atom. The van der Waals surface area contributed by atoms with Crippen molar-refractivity contribution in [2.75, 3.05) is 20.3 Å². The highest BCUT2D eigenvalue weighted by Crippen LogP contribution is 2.09. The molecule has 2 rings (SSSR count). The maximum Gasteiger partial charge on any atom is 0.337 e. The van der Waals surface area contributed by atoms with Crippen molar-refractivity contribution in [3.8, 4) is 11.5 Å². The molecule has 0 heterocycles. The summed E-state index contributed by atoms with van der Waals surface area (Å²) in [6, 6.07) is 15.3. The van der Waals surface area contributed by atoms with Crippen LogP contribution in [-0.2, 0) is 4.74 Å². The fourth-order valence-corrected chi connectivity index (χ4v) is 1.40. The molecule has 0 spiro atoms. The molecule has 0 aliphatic rings. The topological polar surface area (TPSA) is 76.0 Å². The largest absolute Gasteiger partial charge is 0.508 e. The van der Waals surface area contributed by atoms with Crippen LogP contribution in [-0.4, -0.2) is 36.5 Å². The lowest BCUT2D eigenvalue weighted by molar-refractivity contribution is 0.0600. The van der Waals surface area contributed by atoms with Gasteiger partial charge in [-0.3, -0.25) is 0 Å². The van der Waals surface area contributed by atoms with Crippen LogP contribution in [0.25, 0.3) is 0 Å². The van der Waals surface area contributed by atoms with Gasteiger partial charge in [-0.05, 0) is 36.4 Å². The number of rotatable bonds is 4. The standard InChI is InChI=1S/C8H8O3.C8H10O2/c1-11-8(10)6-2-4-7(9)5-3-6;9-6-7-10-8-4-2-1-3-5-8/h2-5,9H,1H3;1-5,9H,6-7H2. The van der Waals surface area contributed by atoms with Gasteiger partial charge in [0.25, 0.3) is 0 Å². The Morgan fingerprint density at radius 3 is 2.19 bits per heavy atom. The van der Waals surface area contributed by atoms with E-state index in [1.807, 2.05) is 30.3 Å². The van der Waals surface area contributed by atoms with Gasteiger partial charge in [0, 0.05) is 0 Å². The second-order valence-corrected chi connectivity index (χ2v) is 3.92. The molecule has 0 saturated carbocycles. The summed E-state index contributed by atoms with van der Waals surface area (Å²) < 4.78 is 9.56. The highest BCUT2D eigenvalue weighted by molar-refractivity contribution is 5.89. The molecule has 2 N–H and O–H groups in total. The molecular weight excluding hydrogens is 272 g/mol. The van der Waals surface area contributed by atoms with Gasteiger partial charge in [-0.2, -0.15) is 0 Å². The summed E-state index contributed by atoms with van der Waals surface area (Å²) in [7, 11) is 1.31. The monoisotopic (exact) mass is 290 g/mol. The smallest absolute Gasteiger partial charge is 0.337 e. The van der Waals surface area contributed by atoms with Crippen LogP contribution in [0.4, 0.5) is 0 Å². The van der Waals surface area contributed by atoms with Crippen LogP contribution in [0.3, 0.4) is 0 Å². The summed E-state index contributed by atoms with van der Waals surface area (Å²) in [6.07, 6.45) is 0. The first kappa shape index (κ1) is 16.5. The van der Waals surface area contributed by atoms with Gasteiger partial charge in [0.15, 0.2) is 0 Å². The Hall–Kier alpha value is -2.53. The van der Waals surface area contributed by atoms with Crippen LogP contribution in [0.1, 0.15) is 10.4 Å². The van der Waals surface area contributed by atoms with Gasteiger partial charge >= 0.3 is 5.97 Å². The van der Waals surface area contributed by atoms with E-state index < -0.39 is 5.97 Å². The molecule has 2 aromatic carbocycles. The third-order valence-corrected chi connectivity index (χ3v) is 2.39. The third-order valence-electron chi connectivity index (χ3n) is 2.39. The van der Waals surface area contributed by atoms with Gasteiger partial charge in [-0.1, -0.05) is 18.2 Å². The number of aromatic hydroxyl groups is 1. The van der Waals surface area contributed by atoms with Gasteiger partial charge in [0.1, 0.15) is 18.1 Å². The summed E-state index contributed by atoms with van der Waals surface area (Å²) >= 11 is 0. The van der Waals surface area contributed by atoms with Crippen LogP contribution in [0, 0.1) is 0 Å². The van der Waals surface area contributed by atoms with Gasteiger partial charge in [0.2, 0.25) is 0 Å². The normalized spacial score (nSPS) is 9.24. The molecule has 0 aliphatic carbocycles. The summed E-state index contributed by atoms with van der Waals surface area (Å²) in [5, 5.41) is 17.3. The zero-order chi connectivity index (χ0) is 15.5. The number of esters is 1. The third kappa shape index (κ3) is 6.44. The number of carbonyl (C=O) groups is 1. The molecule has 0 bridgehead atoms. The number of carbonyl (C=O) groups excluding carboxylic acids is 1. The lowest BCUT2D eigenvalue weighted by atomic mass is 10.2.